The summed E-state index contributed by atoms with van der Waals surface area (Å²) in [7, 11) is 0. The van der Waals surface area contributed by atoms with Gasteiger partial charge in [0.2, 0.25) is 0 Å². The molecule has 3 N–H and O–H groups in total. The molecular formula is C12H12N4S. The molecule has 17 heavy (non-hydrogen) atoms. The number of rotatable bonds is 3. The minimum absolute atomic E-state index is 0.159. The summed E-state index contributed by atoms with van der Waals surface area (Å²) in [5.41, 5.74) is 8.75. The van der Waals surface area contributed by atoms with Crippen molar-refractivity contribution in [2.24, 2.45) is 10.8 Å². The largest absolute Gasteiger partial charge is 0.375 e. The number of hydrazone groups is 1. The molecule has 2 aromatic rings. The van der Waals surface area contributed by atoms with Crippen molar-refractivity contribution in [2.75, 3.05) is 0 Å². The first-order valence-electron chi connectivity index (χ1n) is 5.17. The number of pyridine rings is 1. The summed E-state index contributed by atoms with van der Waals surface area (Å²) >= 11 is 4.64. The van der Waals surface area contributed by atoms with Crippen molar-refractivity contribution < 1.29 is 0 Å². The third-order valence-electron chi connectivity index (χ3n) is 2.31. The van der Waals surface area contributed by atoms with Gasteiger partial charge in [0.25, 0.3) is 0 Å². The molecule has 0 fully saturated rings. The van der Waals surface area contributed by atoms with Crippen LogP contribution in [-0.2, 0) is 6.42 Å². The minimum Gasteiger partial charge on any atom is -0.375 e. The lowest BCUT2D eigenvalue weighted by Crippen LogP contribution is -2.24. The predicted octanol–water partition coefficient (Wildman–Crippen LogP) is 1.60. The first-order chi connectivity index (χ1) is 8.27. The molecule has 0 spiro atoms. The number of benzene rings is 1. The summed E-state index contributed by atoms with van der Waals surface area (Å²) in [6, 6.07) is 10.1. The van der Waals surface area contributed by atoms with Gasteiger partial charge in [-0.15, -0.1) is 0 Å². The van der Waals surface area contributed by atoms with E-state index >= 15 is 0 Å². The maximum absolute atomic E-state index is 5.25. The number of nitrogens with two attached hydrogens (primary N) is 1. The average Bonchev–Trinajstić information content (AvgIpc) is 2.34. The van der Waals surface area contributed by atoms with Gasteiger partial charge in [0.1, 0.15) is 0 Å². The maximum Gasteiger partial charge on any atom is 0.184 e. The minimum atomic E-state index is 0.159. The van der Waals surface area contributed by atoms with E-state index in [2.05, 4.69) is 33.8 Å². The molecule has 1 heterocycles. The Balaban J connectivity index is 2.18. The fourth-order valence-electron chi connectivity index (χ4n) is 1.59. The Morgan fingerprint density at radius 3 is 3.06 bits per heavy atom. The van der Waals surface area contributed by atoms with Gasteiger partial charge in [-0.25, -0.2) is 0 Å². The number of hydrogen-bond acceptors (Lipinski definition) is 3. The van der Waals surface area contributed by atoms with E-state index < -0.39 is 0 Å². The average molecular weight is 244 g/mol. The van der Waals surface area contributed by atoms with Crippen molar-refractivity contribution >= 4 is 34.3 Å². The van der Waals surface area contributed by atoms with E-state index in [-0.39, 0.29) is 5.11 Å². The fraction of sp³-hybridized carbons (Fsp3) is 0.0833. The molecule has 4 nitrogen and oxygen atoms in total. The summed E-state index contributed by atoms with van der Waals surface area (Å²) in [6.07, 6.45) is 4.14. The first kappa shape index (κ1) is 11.5. The summed E-state index contributed by atoms with van der Waals surface area (Å²) in [5.74, 6) is 0. The van der Waals surface area contributed by atoms with Crippen LogP contribution < -0.4 is 11.2 Å². The molecule has 0 unspecified atom stereocenters. The molecule has 1 aromatic carbocycles. The summed E-state index contributed by atoms with van der Waals surface area (Å²) in [4.78, 5) is 4.34. The van der Waals surface area contributed by atoms with Gasteiger partial charge in [-0.3, -0.25) is 10.4 Å². The second kappa shape index (κ2) is 5.36. The van der Waals surface area contributed by atoms with E-state index in [0.29, 0.717) is 6.42 Å². The molecule has 0 atom stereocenters. The molecule has 0 aliphatic rings. The zero-order valence-electron chi connectivity index (χ0n) is 9.13. The SMILES string of the molecule is NC(=S)N/N=C\Cc1nccc2ccccc12. The van der Waals surface area contributed by atoms with Gasteiger partial charge in [0.15, 0.2) is 5.11 Å². The van der Waals surface area contributed by atoms with Gasteiger partial charge in [0, 0.05) is 24.2 Å². The van der Waals surface area contributed by atoms with Crippen LogP contribution in [0.3, 0.4) is 0 Å². The van der Waals surface area contributed by atoms with Gasteiger partial charge in [-0.2, -0.15) is 5.10 Å². The molecule has 1 aromatic heterocycles. The van der Waals surface area contributed by atoms with Crippen molar-refractivity contribution in [3.63, 3.8) is 0 Å². The first-order valence-corrected chi connectivity index (χ1v) is 5.58. The van der Waals surface area contributed by atoms with Crippen molar-refractivity contribution in [3.8, 4) is 0 Å². The maximum atomic E-state index is 5.25. The zero-order chi connectivity index (χ0) is 12.1. The highest BCUT2D eigenvalue weighted by atomic mass is 32.1. The highest BCUT2D eigenvalue weighted by molar-refractivity contribution is 7.80. The molecule has 0 amide bonds. The number of aromatic nitrogens is 1. The van der Waals surface area contributed by atoms with Crippen LogP contribution in [0, 0.1) is 0 Å². The van der Waals surface area contributed by atoms with Crippen LogP contribution in [0.4, 0.5) is 0 Å². The van der Waals surface area contributed by atoms with Crippen LogP contribution in [0.1, 0.15) is 5.69 Å². The highest BCUT2D eigenvalue weighted by Gasteiger charge is 1.99. The third-order valence-corrected chi connectivity index (χ3v) is 2.40. The molecule has 0 radical (unpaired) electrons. The highest BCUT2D eigenvalue weighted by Crippen LogP contribution is 2.15. The van der Waals surface area contributed by atoms with Crippen molar-refractivity contribution in [2.45, 2.75) is 6.42 Å². The van der Waals surface area contributed by atoms with Crippen molar-refractivity contribution in [1.29, 1.82) is 0 Å². The Morgan fingerprint density at radius 1 is 1.41 bits per heavy atom. The number of fused-ring (bicyclic) bond motifs is 1. The van der Waals surface area contributed by atoms with Crippen LogP contribution in [0.2, 0.25) is 0 Å². The third kappa shape index (κ3) is 2.98. The van der Waals surface area contributed by atoms with E-state index in [1.54, 1.807) is 12.4 Å². The topological polar surface area (TPSA) is 63.3 Å². The van der Waals surface area contributed by atoms with Crippen LogP contribution >= 0.6 is 12.2 Å². The van der Waals surface area contributed by atoms with E-state index in [4.69, 9.17) is 5.73 Å². The van der Waals surface area contributed by atoms with Gasteiger partial charge >= 0.3 is 0 Å². The molecule has 0 aliphatic carbocycles. The Bertz CT molecular complexity index is 560. The van der Waals surface area contributed by atoms with Gasteiger partial charge < -0.3 is 5.73 Å². The predicted molar refractivity (Wildman–Crippen MR) is 73.9 cm³/mol. The Kier molecular flexibility index (Phi) is 3.62. The summed E-state index contributed by atoms with van der Waals surface area (Å²) in [6.45, 7) is 0. The molecule has 2 rings (SSSR count). The monoisotopic (exact) mass is 244 g/mol. The normalized spacial score (nSPS) is 10.8. The van der Waals surface area contributed by atoms with Crippen LogP contribution in [0.5, 0.6) is 0 Å². The lowest BCUT2D eigenvalue weighted by atomic mass is 10.1. The molecule has 0 bridgehead atoms. The van der Waals surface area contributed by atoms with Gasteiger partial charge in [-0.1, -0.05) is 24.3 Å². The molecule has 0 saturated heterocycles. The Hall–Kier alpha value is -2.01. The van der Waals surface area contributed by atoms with E-state index in [9.17, 15) is 0 Å². The second-order valence-electron chi connectivity index (χ2n) is 3.47. The Labute approximate surface area is 105 Å². The Morgan fingerprint density at radius 2 is 2.24 bits per heavy atom. The van der Waals surface area contributed by atoms with E-state index in [1.807, 2.05) is 24.3 Å². The van der Waals surface area contributed by atoms with Crippen LogP contribution in [0.15, 0.2) is 41.6 Å². The molecule has 0 saturated carbocycles. The van der Waals surface area contributed by atoms with Gasteiger partial charge in [0.05, 0.1) is 5.69 Å². The van der Waals surface area contributed by atoms with Gasteiger partial charge in [-0.05, 0) is 23.7 Å². The zero-order valence-corrected chi connectivity index (χ0v) is 9.95. The van der Waals surface area contributed by atoms with E-state index in [0.717, 1.165) is 11.1 Å². The van der Waals surface area contributed by atoms with Crippen LogP contribution in [0.25, 0.3) is 10.8 Å². The standard InChI is InChI=1S/C12H12N4S/c13-12(17)16-15-8-6-11-10-4-2-1-3-9(10)5-7-14-11/h1-5,7-8H,6H2,(H3,13,16,17)/b15-8-. The number of thiocarbonyl (C=S) groups is 1. The molecular weight excluding hydrogens is 232 g/mol. The number of hydrogen-bond donors (Lipinski definition) is 2. The smallest absolute Gasteiger partial charge is 0.184 e. The summed E-state index contributed by atoms with van der Waals surface area (Å²) < 4.78 is 0. The van der Waals surface area contributed by atoms with Crippen molar-refractivity contribution in [3.05, 3.63) is 42.2 Å². The lowest BCUT2D eigenvalue weighted by Gasteiger charge is -2.02. The summed E-state index contributed by atoms with van der Waals surface area (Å²) in [5, 5.41) is 6.36. The quantitative estimate of drug-likeness (QED) is 0.489. The van der Waals surface area contributed by atoms with Crippen LogP contribution in [-0.4, -0.2) is 16.3 Å². The number of nitrogens with one attached hydrogen (secondary N) is 1. The molecule has 86 valence electrons. The molecule has 5 heteroatoms. The lowest BCUT2D eigenvalue weighted by molar-refractivity contribution is 1.03. The number of nitrogens with zero attached hydrogens (tertiary/aromatic N) is 2. The fourth-order valence-corrected chi connectivity index (χ4v) is 1.64. The molecule has 0 aliphatic heterocycles. The van der Waals surface area contributed by atoms with Crippen molar-refractivity contribution in [1.82, 2.24) is 10.4 Å². The second-order valence-corrected chi connectivity index (χ2v) is 3.91. The van der Waals surface area contributed by atoms with E-state index in [1.165, 1.54) is 5.39 Å².